The van der Waals surface area contributed by atoms with Gasteiger partial charge in [0.25, 0.3) is 0 Å². The first-order valence-corrected chi connectivity index (χ1v) is 7.48. The van der Waals surface area contributed by atoms with Crippen LogP contribution in [0.25, 0.3) is 0 Å². The van der Waals surface area contributed by atoms with Crippen LogP contribution >= 0.6 is 0 Å². The van der Waals surface area contributed by atoms with Crippen LogP contribution in [0.5, 0.6) is 0 Å². The lowest BCUT2D eigenvalue weighted by Crippen LogP contribution is -2.12. The van der Waals surface area contributed by atoms with E-state index in [4.69, 9.17) is 4.52 Å². The maximum atomic E-state index is 5.16. The maximum Gasteiger partial charge on any atom is 0.321 e. The molecule has 0 unspecified atom stereocenters. The number of nitrogens with zero attached hydrogens (tertiary/aromatic N) is 2. The standard InChI is InChI=1S/C17H25N3O/c1-7-18-16-19-15(20-21-16)10-14-11(2)8-13(9-12(14)3)17(4,5)6/h8-9H,7,10H2,1-6H3,(H,18,19,20). The zero-order chi connectivity index (χ0) is 15.6. The Morgan fingerprint density at radius 1 is 1.14 bits per heavy atom. The van der Waals surface area contributed by atoms with E-state index in [9.17, 15) is 0 Å². The number of hydrogen-bond acceptors (Lipinski definition) is 4. The number of rotatable bonds is 4. The molecule has 0 fully saturated rings. The summed E-state index contributed by atoms with van der Waals surface area (Å²) in [6, 6.07) is 5.04. The molecule has 4 heteroatoms. The van der Waals surface area contributed by atoms with Crippen LogP contribution in [0, 0.1) is 13.8 Å². The lowest BCUT2D eigenvalue weighted by atomic mass is 9.83. The molecule has 0 spiro atoms. The van der Waals surface area contributed by atoms with Crippen molar-refractivity contribution < 1.29 is 4.52 Å². The van der Waals surface area contributed by atoms with Gasteiger partial charge in [0.05, 0.1) is 0 Å². The molecule has 0 aliphatic carbocycles. The average molecular weight is 287 g/mol. The van der Waals surface area contributed by atoms with Crippen LogP contribution in [0.4, 0.5) is 6.01 Å². The Morgan fingerprint density at radius 2 is 1.76 bits per heavy atom. The molecule has 1 aromatic carbocycles. The van der Waals surface area contributed by atoms with Crippen molar-refractivity contribution in [1.82, 2.24) is 10.1 Å². The van der Waals surface area contributed by atoms with E-state index in [0.717, 1.165) is 12.4 Å². The molecule has 114 valence electrons. The van der Waals surface area contributed by atoms with Crippen LogP contribution in [-0.2, 0) is 11.8 Å². The molecule has 0 atom stereocenters. The van der Waals surface area contributed by atoms with Gasteiger partial charge < -0.3 is 9.84 Å². The van der Waals surface area contributed by atoms with Gasteiger partial charge in [0, 0.05) is 13.0 Å². The van der Waals surface area contributed by atoms with Gasteiger partial charge in [0.2, 0.25) is 0 Å². The molecule has 0 radical (unpaired) electrons. The SMILES string of the molecule is CCNc1nc(Cc2c(C)cc(C(C)(C)C)cc2C)no1. The second-order valence-electron chi connectivity index (χ2n) is 6.56. The van der Waals surface area contributed by atoms with Crippen molar-refractivity contribution in [3.63, 3.8) is 0 Å². The molecule has 0 saturated heterocycles. The van der Waals surface area contributed by atoms with Gasteiger partial charge in [0.1, 0.15) is 0 Å². The predicted octanol–water partition coefficient (Wildman–Crippen LogP) is 4.01. The molecule has 0 aliphatic heterocycles. The molecule has 0 amide bonds. The molecule has 2 aromatic rings. The minimum atomic E-state index is 0.165. The van der Waals surface area contributed by atoms with Crippen LogP contribution in [-0.4, -0.2) is 16.7 Å². The Morgan fingerprint density at radius 3 is 2.29 bits per heavy atom. The molecule has 2 rings (SSSR count). The minimum Gasteiger partial charge on any atom is -0.338 e. The Kier molecular flexibility index (Phi) is 4.35. The fraction of sp³-hybridized carbons (Fsp3) is 0.529. The number of benzene rings is 1. The zero-order valence-electron chi connectivity index (χ0n) is 13.9. The molecule has 1 heterocycles. The minimum absolute atomic E-state index is 0.165. The van der Waals surface area contributed by atoms with Gasteiger partial charge in [-0.1, -0.05) is 38.1 Å². The molecule has 21 heavy (non-hydrogen) atoms. The number of anilines is 1. The van der Waals surface area contributed by atoms with Gasteiger partial charge in [-0.25, -0.2) is 0 Å². The summed E-state index contributed by atoms with van der Waals surface area (Å²) in [5.74, 6) is 0.723. The summed E-state index contributed by atoms with van der Waals surface area (Å²) in [6.07, 6.45) is 0.705. The highest BCUT2D eigenvalue weighted by molar-refractivity contribution is 5.42. The highest BCUT2D eigenvalue weighted by Crippen LogP contribution is 2.27. The highest BCUT2D eigenvalue weighted by atomic mass is 16.5. The molecular formula is C17H25N3O. The maximum absolute atomic E-state index is 5.16. The predicted molar refractivity (Wildman–Crippen MR) is 85.9 cm³/mol. The quantitative estimate of drug-likeness (QED) is 0.923. The van der Waals surface area contributed by atoms with E-state index in [0.29, 0.717) is 12.4 Å². The summed E-state index contributed by atoms with van der Waals surface area (Å²) in [5, 5.41) is 7.07. The smallest absolute Gasteiger partial charge is 0.321 e. The third-order valence-electron chi connectivity index (χ3n) is 3.69. The summed E-state index contributed by atoms with van der Waals surface area (Å²) in [4.78, 5) is 4.36. The van der Waals surface area contributed by atoms with E-state index in [1.54, 1.807) is 0 Å². The molecule has 1 aromatic heterocycles. The first kappa shape index (κ1) is 15.5. The van der Waals surface area contributed by atoms with E-state index in [2.05, 4.69) is 62.2 Å². The summed E-state index contributed by atoms with van der Waals surface area (Å²) >= 11 is 0. The summed E-state index contributed by atoms with van der Waals surface area (Å²) in [5.41, 5.74) is 5.39. The molecule has 0 aliphatic rings. The van der Waals surface area contributed by atoms with E-state index < -0.39 is 0 Å². The lowest BCUT2D eigenvalue weighted by Gasteiger charge is -2.22. The topological polar surface area (TPSA) is 51.0 Å². The first-order chi connectivity index (χ1) is 9.81. The third kappa shape index (κ3) is 3.63. The van der Waals surface area contributed by atoms with E-state index in [-0.39, 0.29) is 5.41 Å². The van der Waals surface area contributed by atoms with E-state index in [1.807, 2.05) is 6.92 Å². The second kappa shape index (κ2) is 5.88. The van der Waals surface area contributed by atoms with Gasteiger partial charge in [-0.05, 0) is 48.4 Å². The van der Waals surface area contributed by atoms with Crippen molar-refractivity contribution >= 4 is 6.01 Å². The van der Waals surface area contributed by atoms with E-state index in [1.165, 1.54) is 22.3 Å². The van der Waals surface area contributed by atoms with Gasteiger partial charge in [-0.3, -0.25) is 0 Å². The van der Waals surface area contributed by atoms with Crippen LogP contribution in [0.15, 0.2) is 16.7 Å². The summed E-state index contributed by atoms with van der Waals surface area (Å²) < 4.78 is 5.16. The van der Waals surface area contributed by atoms with Crippen molar-refractivity contribution in [2.24, 2.45) is 0 Å². The molecule has 1 N–H and O–H groups in total. The number of hydrogen-bond donors (Lipinski definition) is 1. The largest absolute Gasteiger partial charge is 0.338 e. The Labute approximate surface area is 127 Å². The van der Waals surface area contributed by atoms with E-state index >= 15 is 0 Å². The van der Waals surface area contributed by atoms with Gasteiger partial charge >= 0.3 is 6.01 Å². The molecular weight excluding hydrogens is 262 g/mol. The van der Waals surface area contributed by atoms with Crippen molar-refractivity contribution in [3.8, 4) is 0 Å². The summed E-state index contributed by atoms with van der Waals surface area (Å²) in [6.45, 7) is 13.8. The highest BCUT2D eigenvalue weighted by Gasteiger charge is 2.17. The van der Waals surface area contributed by atoms with Crippen LogP contribution in [0.3, 0.4) is 0 Å². The first-order valence-electron chi connectivity index (χ1n) is 7.48. The fourth-order valence-electron chi connectivity index (χ4n) is 2.41. The molecule has 0 bridgehead atoms. The lowest BCUT2D eigenvalue weighted by molar-refractivity contribution is 0.424. The van der Waals surface area contributed by atoms with Crippen molar-refractivity contribution in [2.75, 3.05) is 11.9 Å². The average Bonchev–Trinajstić information content (AvgIpc) is 2.80. The normalized spacial score (nSPS) is 11.7. The fourth-order valence-corrected chi connectivity index (χ4v) is 2.41. The number of nitrogens with one attached hydrogen (secondary N) is 1. The zero-order valence-corrected chi connectivity index (χ0v) is 13.9. The molecule has 4 nitrogen and oxygen atoms in total. The monoisotopic (exact) mass is 287 g/mol. The summed E-state index contributed by atoms with van der Waals surface area (Å²) in [7, 11) is 0. The van der Waals surface area contributed by atoms with Crippen LogP contribution in [0.1, 0.15) is 55.8 Å². The molecule has 0 saturated carbocycles. The van der Waals surface area contributed by atoms with Gasteiger partial charge in [-0.2, -0.15) is 4.98 Å². The Balaban J connectivity index is 2.27. The van der Waals surface area contributed by atoms with Gasteiger partial charge in [-0.15, -0.1) is 0 Å². The van der Waals surface area contributed by atoms with Crippen LogP contribution < -0.4 is 5.32 Å². The van der Waals surface area contributed by atoms with Crippen LogP contribution in [0.2, 0.25) is 0 Å². The van der Waals surface area contributed by atoms with Gasteiger partial charge in [0.15, 0.2) is 5.82 Å². The Bertz CT molecular complexity index is 600. The third-order valence-corrected chi connectivity index (χ3v) is 3.69. The number of aromatic nitrogens is 2. The second-order valence-corrected chi connectivity index (χ2v) is 6.56. The van der Waals surface area contributed by atoms with Crippen molar-refractivity contribution in [3.05, 3.63) is 40.2 Å². The Hall–Kier alpha value is -1.84. The van der Waals surface area contributed by atoms with Crippen molar-refractivity contribution in [2.45, 2.75) is 53.4 Å². The number of aryl methyl sites for hydroxylation is 2. The van der Waals surface area contributed by atoms with Crippen molar-refractivity contribution in [1.29, 1.82) is 0 Å².